The van der Waals surface area contributed by atoms with Crippen molar-refractivity contribution in [1.82, 2.24) is 9.55 Å². The Labute approximate surface area is 225 Å². The average molecular weight is 499 g/mol. The lowest BCUT2D eigenvalue weighted by molar-refractivity contribution is 0.652. The van der Waals surface area contributed by atoms with Crippen molar-refractivity contribution in [2.24, 2.45) is 0 Å². The van der Waals surface area contributed by atoms with Crippen LogP contribution in [-0.4, -0.2) is 9.55 Å². The fourth-order valence-corrected chi connectivity index (χ4v) is 7.13. The molecule has 8 aromatic carbocycles. The quantitative estimate of drug-likeness (QED) is 0.221. The summed E-state index contributed by atoms with van der Waals surface area (Å²) < 4.78 is 2.52. The molecule has 0 radical (unpaired) electrons. The largest absolute Gasteiger partial charge is 0.323 e. The molecular weight excluding hydrogens is 472 g/mol. The Morgan fingerprint density at radius 1 is 0.538 bits per heavy atom. The van der Waals surface area contributed by atoms with E-state index in [9.17, 15) is 0 Å². The molecule has 0 N–H and O–H groups in total. The second-order valence-electron chi connectivity index (χ2n) is 11.0. The molecule has 1 heterocycles. The number of unbranched alkanes of at least 4 members (excludes halogenated alkanes) is 1. The van der Waals surface area contributed by atoms with E-state index in [0.29, 0.717) is 0 Å². The third-order valence-corrected chi connectivity index (χ3v) is 8.87. The van der Waals surface area contributed by atoms with Gasteiger partial charge in [0.05, 0.1) is 11.0 Å². The summed E-state index contributed by atoms with van der Waals surface area (Å²) in [6.45, 7) is 3.22. The highest BCUT2D eigenvalue weighted by atomic mass is 15.1. The van der Waals surface area contributed by atoms with Crippen molar-refractivity contribution in [1.29, 1.82) is 0 Å². The van der Waals surface area contributed by atoms with Crippen LogP contribution in [0.25, 0.3) is 87.1 Å². The minimum absolute atomic E-state index is 0.949. The summed E-state index contributed by atoms with van der Waals surface area (Å²) in [6, 6.07) is 38.3. The summed E-state index contributed by atoms with van der Waals surface area (Å²) >= 11 is 0. The van der Waals surface area contributed by atoms with Crippen molar-refractivity contribution in [2.45, 2.75) is 26.3 Å². The van der Waals surface area contributed by atoms with Gasteiger partial charge in [0.1, 0.15) is 5.82 Å². The standard InChI is InChI=1S/C37H26N2/c1-2-3-21-39-36-30-12-6-10-25-15-14-24-9-5-11-29(33(24)34(25)30)35(36)38-37(39)28-20-18-26-16-13-22-7-4-8-23-17-19-27(28)32(26)31(22)23/h4-20H,2-3,21H2,1H3. The van der Waals surface area contributed by atoms with Crippen LogP contribution in [-0.2, 0) is 6.54 Å². The lowest BCUT2D eigenvalue weighted by Gasteiger charge is -2.16. The lowest BCUT2D eigenvalue weighted by atomic mass is 9.92. The van der Waals surface area contributed by atoms with E-state index in [1.54, 1.807) is 0 Å². The SMILES string of the molecule is CCCCn1c(-c2ccc3ccc4cccc5ccc2c3c45)nc2c3cccc4ccc5cccc(c5c43)c21. The van der Waals surface area contributed by atoms with E-state index < -0.39 is 0 Å². The summed E-state index contributed by atoms with van der Waals surface area (Å²) in [5.74, 6) is 1.08. The fraction of sp³-hybridized carbons (Fsp3) is 0.108. The number of hydrogen-bond donors (Lipinski definition) is 0. The summed E-state index contributed by atoms with van der Waals surface area (Å²) in [7, 11) is 0. The van der Waals surface area contributed by atoms with E-state index in [2.05, 4.69) is 115 Å². The van der Waals surface area contributed by atoms with E-state index in [-0.39, 0.29) is 0 Å². The van der Waals surface area contributed by atoms with Gasteiger partial charge in [-0.2, -0.15) is 0 Å². The minimum atomic E-state index is 0.949. The van der Waals surface area contributed by atoms with Crippen molar-refractivity contribution >= 4 is 75.7 Å². The van der Waals surface area contributed by atoms with E-state index in [4.69, 9.17) is 4.98 Å². The predicted molar refractivity (Wildman–Crippen MR) is 167 cm³/mol. The number of benzene rings is 8. The normalized spacial score (nSPS) is 12.5. The number of nitrogens with zero attached hydrogens (tertiary/aromatic N) is 2. The topological polar surface area (TPSA) is 17.8 Å². The molecule has 0 amide bonds. The van der Waals surface area contributed by atoms with Crippen LogP contribution in [0.15, 0.2) is 103 Å². The van der Waals surface area contributed by atoms with Crippen molar-refractivity contribution in [3.8, 4) is 11.4 Å². The number of aryl methyl sites for hydroxylation is 1. The van der Waals surface area contributed by atoms with Crippen molar-refractivity contribution in [3.63, 3.8) is 0 Å². The van der Waals surface area contributed by atoms with Gasteiger partial charge in [0, 0.05) is 22.9 Å². The maximum absolute atomic E-state index is 5.53. The van der Waals surface area contributed by atoms with Gasteiger partial charge < -0.3 is 4.57 Å². The third-order valence-electron chi connectivity index (χ3n) is 8.87. The van der Waals surface area contributed by atoms with Crippen molar-refractivity contribution in [3.05, 3.63) is 103 Å². The smallest absolute Gasteiger partial charge is 0.141 e. The zero-order valence-corrected chi connectivity index (χ0v) is 21.8. The Kier molecular flexibility index (Phi) is 4.19. The van der Waals surface area contributed by atoms with Gasteiger partial charge in [0.15, 0.2) is 0 Å². The summed E-state index contributed by atoms with van der Waals surface area (Å²) in [4.78, 5) is 5.53. The molecule has 0 bridgehead atoms. The molecule has 184 valence electrons. The molecule has 0 aliphatic carbocycles. The number of fused-ring (bicyclic) bond motifs is 3. The lowest BCUT2D eigenvalue weighted by Crippen LogP contribution is -2.02. The van der Waals surface area contributed by atoms with E-state index in [1.165, 1.54) is 75.7 Å². The van der Waals surface area contributed by atoms with Crippen LogP contribution in [0.3, 0.4) is 0 Å². The zero-order valence-electron chi connectivity index (χ0n) is 21.8. The average Bonchev–Trinajstić information content (AvgIpc) is 3.37. The first kappa shape index (κ1) is 21.3. The molecule has 2 nitrogen and oxygen atoms in total. The molecule has 9 aromatic rings. The molecule has 2 heteroatoms. The maximum atomic E-state index is 5.53. The van der Waals surface area contributed by atoms with Gasteiger partial charge in [-0.3, -0.25) is 0 Å². The highest BCUT2D eigenvalue weighted by molar-refractivity contribution is 6.33. The first-order valence-corrected chi connectivity index (χ1v) is 14.0. The molecule has 0 aliphatic rings. The molecule has 9 rings (SSSR count). The van der Waals surface area contributed by atoms with E-state index in [0.717, 1.165) is 30.7 Å². The number of aromatic nitrogens is 2. The van der Waals surface area contributed by atoms with E-state index >= 15 is 0 Å². The van der Waals surface area contributed by atoms with Crippen LogP contribution in [0, 0.1) is 0 Å². The molecule has 0 unspecified atom stereocenters. The third kappa shape index (κ3) is 2.73. The summed E-state index contributed by atoms with van der Waals surface area (Å²) in [5.41, 5.74) is 3.60. The zero-order chi connectivity index (χ0) is 25.7. The van der Waals surface area contributed by atoms with Crippen molar-refractivity contribution < 1.29 is 0 Å². The first-order chi connectivity index (χ1) is 19.3. The van der Waals surface area contributed by atoms with Crippen LogP contribution >= 0.6 is 0 Å². The van der Waals surface area contributed by atoms with Gasteiger partial charge in [-0.25, -0.2) is 4.98 Å². The number of hydrogen-bond acceptors (Lipinski definition) is 1. The van der Waals surface area contributed by atoms with Gasteiger partial charge in [-0.15, -0.1) is 0 Å². The molecule has 0 atom stereocenters. The van der Waals surface area contributed by atoms with Crippen LogP contribution in [0.1, 0.15) is 19.8 Å². The highest BCUT2D eigenvalue weighted by Gasteiger charge is 2.22. The molecule has 0 aliphatic heterocycles. The Bertz CT molecular complexity index is 2360. The monoisotopic (exact) mass is 498 g/mol. The minimum Gasteiger partial charge on any atom is -0.323 e. The molecule has 0 saturated carbocycles. The predicted octanol–water partition coefficient (Wildman–Crippen LogP) is 10.3. The van der Waals surface area contributed by atoms with Gasteiger partial charge in [-0.1, -0.05) is 116 Å². The molecule has 39 heavy (non-hydrogen) atoms. The molecule has 0 saturated heterocycles. The van der Waals surface area contributed by atoms with Crippen LogP contribution < -0.4 is 0 Å². The van der Waals surface area contributed by atoms with Gasteiger partial charge in [0.25, 0.3) is 0 Å². The first-order valence-electron chi connectivity index (χ1n) is 14.0. The maximum Gasteiger partial charge on any atom is 0.141 e. The van der Waals surface area contributed by atoms with Gasteiger partial charge in [-0.05, 0) is 60.3 Å². The number of rotatable bonds is 4. The highest BCUT2D eigenvalue weighted by Crippen LogP contribution is 2.44. The second-order valence-corrected chi connectivity index (χ2v) is 11.0. The number of imidazole rings is 1. The van der Waals surface area contributed by atoms with Crippen LogP contribution in [0.4, 0.5) is 0 Å². The second kappa shape index (κ2) is 7.68. The molecule has 0 spiro atoms. The van der Waals surface area contributed by atoms with E-state index in [1.807, 2.05) is 0 Å². The summed E-state index contributed by atoms with van der Waals surface area (Å²) in [6.07, 6.45) is 2.25. The fourth-order valence-electron chi connectivity index (χ4n) is 7.13. The summed E-state index contributed by atoms with van der Waals surface area (Å²) in [5, 5.41) is 15.7. The van der Waals surface area contributed by atoms with Crippen LogP contribution in [0.2, 0.25) is 0 Å². The van der Waals surface area contributed by atoms with Gasteiger partial charge in [0.2, 0.25) is 0 Å². The molecule has 1 aromatic heterocycles. The Hall–Kier alpha value is -4.69. The van der Waals surface area contributed by atoms with Crippen LogP contribution in [0.5, 0.6) is 0 Å². The Balaban J connectivity index is 1.48. The Morgan fingerprint density at radius 3 is 1.79 bits per heavy atom. The Morgan fingerprint density at radius 2 is 1.08 bits per heavy atom. The van der Waals surface area contributed by atoms with Gasteiger partial charge >= 0.3 is 0 Å². The van der Waals surface area contributed by atoms with Crippen molar-refractivity contribution in [2.75, 3.05) is 0 Å². The molecule has 0 fully saturated rings. The molecular formula is C37H26N2.